The van der Waals surface area contributed by atoms with Crippen LogP contribution < -0.4 is 11.1 Å². The van der Waals surface area contributed by atoms with Crippen LogP contribution in [0.15, 0.2) is 82.4 Å². The van der Waals surface area contributed by atoms with E-state index >= 15 is 0 Å². The number of hydrogen-bond acceptors (Lipinski definition) is 2. The summed E-state index contributed by atoms with van der Waals surface area (Å²) in [5.74, 6) is 0. The van der Waals surface area contributed by atoms with Crippen LogP contribution >= 0.6 is 11.6 Å². The SMILES string of the molecule is Cc1ccc(Cn2c(=O)c(=O)n(Cc3ccccc3)c3ccc(Cl)cc32)cc1. The molecule has 4 rings (SSSR count). The zero-order valence-corrected chi connectivity index (χ0v) is 16.2. The van der Waals surface area contributed by atoms with Crippen molar-refractivity contribution < 1.29 is 0 Å². The van der Waals surface area contributed by atoms with Gasteiger partial charge in [0.25, 0.3) is 0 Å². The van der Waals surface area contributed by atoms with Crippen molar-refractivity contribution in [3.63, 3.8) is 0 Å². The van der Waals surface area contributed by atoms with E-state index in [0.717, 1.165) is 16.7 Å². The van der Waals surface area contributed by atoms with Crippen molar-refractivity contribution in [1.82, 2.24) is 9.13 Å². The van der Waals surface area contributed by atoms with Gasteiger partial charge in [0, 0.05) is 5.02 Å². The monoisotopic (exact) mass is 390 g/mol. The van der Waals surface area contributed by atoms with E-state index in [-0.39, 0.29) is 0 Å². The van der Waals surface area contributed by atoms with Crippen molar-refractivity contribution >= 4 is 22.6 Å². The Labute approximate surface area is 167 Å². The van der Waals surface area contributed by atoms with Gasteiger partial charge in [-0.05, 0) is 36.2 Å². The molecule has 0 bridgehead atoms. The first-order valence-electron chi connectivity index (χ1n) is 9.05. The minimum Gasteiger partial charge on any atom is -0.298 e. The molecule has 0 aliphatic carbocycles. The van der Waals surface area contributed by atoms with Crippen LogP contribution in [0.5, 0.6) is 0 Å². The van der Waals surface area contributed by atoms with Crippen molar-refractivity contribution in [2.45, 2.75) is 20.0 Å². The zero-order chi connectivity index (χ0) is 19.7. The van der Waals surface area contributed by atoms with Crippen LogP contribution in [-0.4, -0.2) is 9.13 Å². The number of nitrogens with zero attached hydrogens (tertiary/aromatic N) is 2. The maximum atomic E-state index is 13.0. The third-order valence-electron chi connectivity index (χ3n) is 4.84. The summed E-state index contributed by atoms with van der Waals surface area (Å²) in [6, 6.07) is 22.8. The number of aryl methyl sites for hydroxylation is 1. The zero-order valence-electron chi connectivity index (χ0n) is 15.4. The van der Waals surface area contributed by atoms with E-state index in [2.05, 4.69) is 0 Å². The van der Waals surface area contributed by atoms with Crippen LogP contribution in [0.3, 0.4) is 0 Å². The van der Waals surface area contributed by atoms with Crippen molar-refractivity contribution in [2.75, 3.05) is 0 Å². The van der Waals surface area contributed by atoms with Crippen molar-refractivity contribution in [2.24, 2.45) is 0 Å². The van der Waals surface area contributed by atoms with Gasteiger partial charge in [-0.2, -0.15) is 0 Å². The van der Waals surface area contributed by atoms with E-state index in [1.54, 1.807) is 18.2 Å². The predicted molar refractivity (Wildman–Crippen MR) is 113 cm³/mol. The Kier molecular flexibility index (Phi) is 4.88. The number of aromatic nitrogens is 2. The van der Waals surface area contributed by atoms with E-state index in [0.29, 0.717) is 29.1 Å². The summed E-state index contributed by atoms with van der Waals surface area (Å²) in [5, 5.41) is 0.523. The second-order valence-electron chi connectivity index (χ2n) is 6.89. The average Bonchev–Trinajstić information content (AvgIpc) is 2.71. The van der Waals surface area contributed by atoms with Gasteiger partial charge in [-0.15, -0.1) is 0 Å². The van der Waals surface area contributed by atoms with Gasteiger partial charge in [0.15, 0.2) is 0 Å². The van der Waals surface area contributed by atoms with E-state index in [1.165, 1.54) is 9.13 Å². The van der Waals surface area contributed by atoms with Gasteiger partial charge in [-0.3, -0.25) is 18.7 Å². The molecule has 5 heteroatoms. The molecule has 0 saturated heterocycles. The molecule has 1 aromatic heterocycles. The molecule has 4 nitrogen and oxygen atoms in total. The highest BCUT2D eigenvalue weighted by molar-refractivity contribution is 6.31. The quantitative estimate of drug-likeness (QED) is 0.490. The highest BCUT2D eigenvalue weighted by atomic mass is 35.5. The topological polar surface area (TPSA) is 44.0 Å². The van der Waals surface area contributed by atoms with E-state index in [9.17, 15) is 9.59 Å². The molecule has 0 spiro atoms. The largest absolute Gasteiger partial charge is 0.317 e. The molecule has 0 fully saturated rings. The van der Waals surface area contributed by atoms with Crippen LogP contribution in [0.25, 0.3) is 11.0 Å². The van der Waals surface area contributed by atoms with Gasteiger partial charge < -0.3 is 0 Å². The molecule has 0 N–H and O–H groups in total. The molecule has 0 amide bonds. The first-order chi connectivity index (χ1) is 13.5. The molecule has 4 aromatic rings. The number of rotatable bonds is 4. The van der Waals surface area contributed by atoms with Gasteiger partial charge in [0.1, 0.15) is 0 Å². The summed E-state index contributed by atoms with van der Waals surface area (Å²) >= 11 is 6.22. The fourth-order valence-electron chi connectivity index (χ4n) is 3.35. The molecular weight excluding hydrogens is 372 g/mol. The summed E-state index contributed by atoms with van der Waals surface area (Å²) in [6.07, 6.45) is 0. The number of hydrogen-bond donors (Lipinski definition) is 0. The molecule has 1 heterocycles. The number of halogens is 1. The van der Waals surface area contributed by atoms with Gasteiger partial charge in [0.05, 0.1) is 24.1 Å². The second-order valence-corrected chi connectivity index (χ2v) is 7.32. The summed E-state index contributed by atoms with van der Waals surface area (Å²) in [4.78, 5) is 25.9. The second kappa shape index (κ2) is 7.49. The Hall–Kier alpha value is -3.11. The van der Waals surface area contributed by atoms with E-state index < -0.39 is 11.1 Å². The lowest BCUT2D eigenvalue weighted by Gasteiger charge is -2.16. The summed E-state index contributed by atoms with van der Waals surface area (Å²) < 4.78 is 3.03. The fraction of sp³-hybridized carbons (Fsp3) is 0.130. The third-order valence-corrected chi connectivity index (χ3v) is 5.07. The first-order valence-corrected chi connectivity index (χ1v) is 9.43. The highest BCUT2D eigenvalue weighted by Gasteiger charge is 2.14. The number of benzene rings is 3. The Morgan fingerprint density at radius 2 is 1.29 bits per heavy atom. The smallest absolute Gasteiger partial charge is 0.298 e. The van der Waals surface area contributed by atoms with Crippen LogP contribution in [-0.2, 0) is 13.1 Å². The number of fused-ring (bicyclic) bond motifs is 1. The Morgan fingerprint density at radius 3 is 1.93 bits per heavy atom. The van der Waals surface area contributed by atoms with Crippen LogP contribution in [0.1, 0.15) is 16.7 Å². The molecule has 3 aromatic carbocycles. The molecule has 0 unspecified atom stereocenters. The lowest BCUT2D eigenvalue weighted by molar-refractivity contribution is 0.711. The lowest BCUT2D eigenvalue weighted by Crippen LogP contribution is -2.41. The third kappa shape index (κ3) is 3.51. The Morgan fingerprint density at radius 1 is 0.714 bits per heavy atom. The molecule has 140 valence electrons. The van der Waals surface area contributed by atoms with Crippen molar-refractivity contribution in [1.29, 1.82) is 0 Å². The van der Waals surface area contributed by atoms with E-state index in [1.807, 2.05) is 61.5 Å². The van der Waals surface area contributed by atoms with Gasteiger partial charge in [0.2, 0.25) is 0 Å². The van der Waals surface area contributed by atoms with E-state index in [4.69, 9.17) is 11.6 Å². The minimum absolute atomic E-state index is 0.317. The highest BCUT2D eigenvalue weighted by Crippen LogP contribution is 2.19. The molecule has 0 radical (unpaired) electrons. The fourth-order valence-corrected chi connectivity index (χ4v) is 3.51. The maximum Gasteiger partial charge on any atom is 0.317 e. The lowest BCUT2D eigenvalue weighted by atomic mass is 10.1. The van der Waals surface area contributed by atoms with Crippen LogP contribution in [0.4, 0.5) is 0 Å². The standard InChI is InChI=1S/C23H19ClN2O2/c1-16-7-9-18(10-8-16)15-26-21-13-19(24)11-12-20(21)25(22(27)23(26)28)14-17-5-3-2-4-6-17/h2-13H,14-15H2,1H3. The van der Waals surface area contributed by atoms with Gasteiger partial charge in [-0.1, -0.05) is 71.8 Å². The summed E-state index contributed by atoms with van der Waals surface area (Å²) in [5.41, 5.74) is 3.30. The van der Waals surface area contributed by atoms with Gasteiger partial charge in [-0.25, -0.2) is 0 Å². The first kappa shape index (κ1) is 18.3. The molecule has 0 atom stereocenters. The summed E-state index contributed by atoms with van der Waals surface area (Å²) in [6.45, 7) is 2.66. The van der Waals surface area contributed by atoms with Crippen LogP contribution in [0, 0.1) is 6.92 Å². The van der Waals surface area contributed by atoms with Crippen molar-refractivity contribution in [3.8, 4) is 0 Å². The molecule has 0 aliphatic rings. The molecule has 28 heavy (non-hydrogen) atoms. The predicted octanol–water partition coefficient (Wildman–Crippen LogP) is 4.22. The van der Waals surface area contributed by atoms with Crippen molar-refractivity contribution in [3.05, 3.63) is 115 Å². The Balaban J connectivity index is 1.91. The average molecular weight is 391 g/mol. The molecule has 0 saturated carbocycles. The van der Waals surface area contributed by atoms with Gasteiger partial charge >= 0.3 is 11.1 Å². The Bertz CT molecular complexity index is 1260. The minimum atomic E-state index is -0.550. The molecular formula is C23H19ClN2O2. The normalized spacial score (nSPS) is 11.1. The summed E-state index contributed by atoms with van der Waals surface area (Å²) in [7, 11) is 0. The maximum absolute atomic E-state index is 13.0. The molecule has 0 aliphatic heterocycles. The van der Waals surface area contributed by atoms with Crippen LogP contribution in [0.2, 0.25) is 5.02 Å².